The first kappa shape index (κ1) is 76.8. The molecule has 0 radical (unpaired) electrons. The molecule has 0 spiro atoms. The number of ether oxygens (including phenoxy) is 1. The van der Waals surface area contributed by atoms with Crippen LogP contribution < -0.4 is 54.8 Å². The summed E-state index contributed by atoms with van der Waals surface area (Å²) in [4.78, 5) is 33.4. The van der Waals surface area contributed by atoms with Crippen molar-refractivity contribution in [1.82, 2.24) is 80.8 Å². The van der Waals surface area contributed by atoms with Crippen molar-refractivity contribution < 1.29 is 14.9 Å². The molecule has 21 N–H and O–H groups in total. The lowest BCUT2D eigenvalue weighted by Gasteiger charge is -2.39. The molecule has 4 aliphatic rings. The fourth-order valence-electron chi connectivity index (χ4n) is 14.4. The van der Waals surface area contributed by atoms with E-state index in [4.69, 9.17) is 38.5 Å². The van der Waals surface area contributed by atoms with Crippen LogP contribution >= 0.6 is 56.7 Å². The van der Waals surface area contributed by atoms with Gasteiger partial charge in [0, 0.05) is 132 Å². The third-order valence-electron chi connectivity index (χ3n) is 20.4. The number of aromatic nitrogens is 15. The third-order valence-corrected chi connectivity index (χ3v) is 27.0. The molecule has 112 heavy (non-hydrogen) atoms. The molecule has 584 valence electrons. The number of pyridine rings is 5. The molecule has 0 unspecified atom stereocenters. The van der Waals surface area contributed by atoms with Crippen molar-refractivity contribution in [3.05, 3.63) is 120 Å². The summed E-state index contributed by atoms with van der Waals surface area (Å²) in [7, 11) is 0. The van der Waals surface area contributed by atoms with Crippen LogP contribution in [-0.2, 0) is 4.74 Å². The molecule has 2 saturated carbocycles. The summed E-state index contributed by atoms with van der Waals surface area (Å²) in [5, 5.41) is 67.0. The maximum atomic E-state index is 9.23. The number of H-pyrrole nitrogens is 5. The van der Waals surface area contributed by atoms with Crippen LogP contribution in [0.4, 0.5) is 57.5 Å². The lowest BCUT2D eigenvalue weighted by molar-refractivity contribution is 0.120. The van der Waals surface area contributed by atoms with E-state index in [1.165, 1.54) is 58.5 Å². The number of hydrogen-bond donors (Lipinski definition) is 16. The highest BCUT2D eigenvalue weighted by molar-refractivity contribution is 7.24. The summed E-state index contributed by atoms with van der Waals surface area (Å²) in [6, 6.07) is 22.2. The predicted molar refractivity (Wildman–Crippen MR) is 462 cm³/mol. The molecule has 17 heterocycles. The summed E-state index contributed by atoms with van der Waals surface area (Å²) in [5.41, 5.74) is 49.3. The molecule has 0 bridgehead atoms. The first-order valence-corrected chi connectivity index (χ1v) is 41.9. The van der Waals surface area contributed by atoms with Gasteiger partial charge in [0.1, 0.15) is 29.1 Å². The van der Waals surface area contributed by atoms with Crippen molar-refractivity contribution in [2.75, 3.05) is 120 Å². The highest BCUT2D eigenvalue weighted by atomic mass is 32.1. The van der Waals surface area contributed by atoms with Gasteiger partial charge < -0.3 is 69.8 Å². The lowest BCUT2D eigenvalue weighted by atomic mass is 10.1. The summed E-state index contributed by atoms with van der Waals surface area (Å²) in [6.45, 7) is 18.2. The Balaban J connectivity index is 0.000000111. The molecular weight excluding hydrogens is 1510 g/mol. The van der Waals surface area contributed by atoms with Gasteiger partial charge in [0.2, 0.25) is 0 Å². The number of aryl methyl sites for hydroxylation is 4. The van der Waals surface area contributed by atoms with Crippen LogP contribution in [-0.4, -0.2) is 175 Å². The zero-order valence-electron chi connectivity index (χ0n) is 63.1. The van der Waals surface area contributed by atoms with Crippen molar-refractivity contribution in [2.24, 2.45) is 5.92 Å². The Morgan fingerprint density at radius 1 is 0.482 bits per heavy atom. The zero-order valence-corrected chi connectivity index (χ0v) is 67.2. The number of fused-ring (bicyclic) bond motifs is 5. The Labute approximate surface area is 666 Å². The van der Waals surface area contributed by atoms with Gasteiger partial charge in [-0.15, -0.1) is 56.7 Å². The first-order chi connectivity index (χ1) is 54.5. The average molecular weight is 1600 g/mol. The third kappa shape index (κ3) is 17.2. The van der Waals surface area contributed by atoms with Crippen LogP contribution in [0.25, 0.3) is 104 Å². The second kappa shape index (κ2) is 34.6. The number of nitrogens with two attached hydrogens (primary N) is 5. The van der Waals surface area contributed by atoms with Gasteiger partial charge in [-0.2, -0.15) is 25.5 Å². The molecule has 2 saturated heterocycles. The smallest absolute Gasteiger partial charge is 0.126 e. The molecular formula is C78H94N26O3S5. The van der Waals surface area contributed by atoms with Gasteiger partial charge in [0.15, 0.2) is 0 Å². The number of nitrogens with zero attached hydrogens (tertiary/aromatic N) is 12. The van der Waals surface area contributed by atoms with Crippen LogP contribution in [0, 0.1) is 33.6 Å². The molecule has 15 aromatic rings. The Bertz CT molecular complexity index is 5610. The number of aliphatic hydroxyl groups excluding tert-OH is 2. The predicted octanol–water partition coefficient (Wildman–Crippen LogP) is 14.6. The van der Waals surface area contributed by atoms with Gasteiger partial charge in [-0.25, -0.2) is 24.9 Å². The second-order valence-corrected chi connectivity index (χ2v) is 33.7. The fourth-order valence-corrected chi connectivity index (χ4v) is 20.4. The van der Waals surface area contributed by atoms with Crippen LogP contribution in [0.1, 0.15) is 87.0 Å². The highest BCUT2D eigenvalue weighted by Crippen LogP contribution is 2.46. The van der Waals surface area contributed by atoms with Crippen molar-refractivity contribution >= 4 is 165 Å². The SMILES string of the molecule is Cc1c(-c2ccn[nH]2)sc2c(NCC3CC3)cc(N)nc12.Cc1c(-c2ccn[nH]2)sc2c(NCCCO)cc(N)nc12.Cc1c(-c2ccn[nH]2)sc2c(NC[C@@H]3CCCO3)cc(N)nc12.Cc1c(-c2ccn[nH]2)sc2c(N[C@@H](C)CO)cc(N)nc12.Nc1cc(N2CCN(C3CCCC3)CC2)c2sc(-c3ccn[nH]3)cc2n1. The van der Waals surface area contributed by atoms with Crippen molar-refractivity contribution in [3.63, 3.8) is 0 Å². The Hall–Kier alpha value is -10.6. The summed E-state index contributed by atoms with van der Waals surface area (Å²) >= 11 is 8.51. The Morgan fingerprint density at radius 2 is 0.911 bits per heavy atom. The molecule has 34 heteroatoms. The van der Waals surface area contributed by atoms with Gasteiger partial charge >= 0.3 is 0 Å². The van der Waals surface area contributed by atoms with Gasteiger partial charge in [-0.3, -0.25) is 30.4 Å². The van der Waals surface area contributed by atoms with E-state index in [1.807, 2.05) is 75.4 Å². The van der Waals surface area contributed by atoms with E-state index < -0.39 is 0 Å². The van der Waals surface area contributed by atoms with E-state index in [2.05, 4.69) is 127 Å². The number of thiophene rings is 5. The molecule has 2 aliphatic carbocycles. The standard InChI is InChI=1S/C19H24N6S.C16H19N5OS.C15H17N5S.2C14H17N5OS/c20-18-12-16(25-9-7-24(8-10-25)13-3-1-2-4-13)19-15(22-18)11-17(26-19)14-5-6-21-23-14;1-9-14-16(23-15(9)11-4-5-19-21-11)12(7-13(17)20-14)18-8-10-3-2-6-22-10;1-8-13-15(21-14(8)10-4-5-18-20-10)11(6-12(16)19-13)17-7-9-2-3-9;1-7(6-20)17-10-5-11(15)18-12-8(2)13(21-14(10)12)9-3-4-16-19-9;1-8-12-14(21-13(8)9-3-5-17-19-9)10(7-11(15)18-12)16-4-2-6-20/h5-6,11-13H,1-4,7-10H2,(H2,20,22)(H,21,23);4-5,7,10H,2-3,6,8H2,1H3,(H,19,21)(H3,17,18,20);4-6,9H,2-3,7H2,1H3,(H,18,20)(H3,16,17,19);3-5,7,20H,6H2,1-2H3,(H,16,19)(H3,15,17,18);3,5,7,20H,2,4,6H2,1H3,(H,17,19)(H3,15,16,18)/t;10-;;7-;/m.0.0./s1. The van der Waals surface area contributed by atoms with Gasteiger partial charge in [-0.05, 0) is 144 Å². The second-order valence-electron chi connectivity index (χ2n) is 28.6. The summed E-state index contributed by atoms with van der Waals surface area (Å²) in [6.07, 6.45) is 20.2. The molecule has 2 atom stereocenters. The fraction of sp³-hybridized carbons (Fsp3) is 0.359. The monoisotopic (exact) mass is 1600 g/mol. The van der Waals surface area contributed by atoms with Crippen LogP contribution in [0.5, 0.6) is 0 Å². The molecule has 0 amide bonds. The molecule has 19 rings (SSSR count). The molecule has 0 aromatic carbocycles. The minimum absolute atomic E-state index is 0.0481. The van der Waals surface area contributed by atoms with E-state index in [1.54, 1.807) is 93.7 Å². The number of rotatable bonds is 20. The number of aliphatic hydroxyl groups is 2. The summed E-state index contributed by atoms with van der Waals surface area (Å²) in [5.74, 6) is 3.47. The van der Waals surface area contributed by atoms with Crippen LogP contribution in [0.3, 0.4) is 0 Å². The van der Waals surface area contributed by atoms with Gasteiger partial charge in [-0.1, -0.05) is 12.8 Å². The van der Waals surface area contributed by atoms with Crippen LogP contribution in [0.15, 0.2) is 97.7 Å². The minimum Gasteiger partial charge on any atom is -0.396 e. The first-order valence-electron chi connectivity index (χ1n) is 37.8. The van der Waals surface area contributed by atoms with E-state index in [0.717, 1.165) is 205 Å². The number of aromatic amines is 5. The van der Waals surface area contributed by atoms with Gasteiger partial charge in [0.25, 0.3) is 0 Å². The average Bonchev–Trinajstić information content (AvgIpc) is 1.60. The van der Waals surface area contributed by atoms with Crippen molar-refractivity contribution in [1.29, 1.82) is 0 Å². The number of anilines is 10. The van der Waals surface area contributed by atoms with E-state index in [9.17, 15) is 5.11 Å². The molecule has 4 fully saturated rings. The number of piperazine rings is 1. The minimum atomic E-state index is -0.0481. The van der Waals surface area contributed by atoms with E-state index in [-0.39, 0.29) is 25.4 Å². The maximum Gasteiger partial charge on any atom is 0.126 e. The molecule has 2 aliphatic heterocycles. The molecule has 29 nitrogen and oxygen atoms in total. The van der Waals surface area contributed by atoms with E-state index in [0.29, 0.717) is 42.1 Å². The quantitative estimate of drug-likeness (QED) is 0.0315. The highest BCUT2D eigenvalue weighted by Gasteiger charge is 2.29. The Morgan fingerprint density at radius 3 is 1.33 bits per heavy atom. The number of hydrogen-bond acceptors (Lipinski definition) is 29. The topological polar surface area (TPSA) is 442 Å². The number of nitrogens with one attached hydrogen (secondary N) is 9. The van der Waals surface area contributed by atoms with Crippen LogP contribution in [0.2, 0.25) is 0 Å². The number of nitrogen functional groups attached to an aromatic ring is 5. The zero-order chi connectivity index (χ0) is 77.5. The van der Waals surface area contributed by atoms with Crippen molar-refractivity contribution in [2.45, 2.75) is 111 Å². The summed E-state index contributed by atoms with van der Waals surface area (Å²) < 4.78 is 11.3. The normalized spacial score (nSPS) is 15.5. The maximum absolute atomic E-state index is 9.23. The van der Waals surface area contributed by atoms with Gasteiger partial charge in [0.05, 0.1) is 145 Å². The van der Waals surface area contributed by atoms with Crippen molar-refractivity contribution in [3.8, 4) is 52.9 Å². The largest absolute Gasteiger partial charge is 0.396 e. The molecule has 15 aromatic heterocycles. The lowest BCUT2D eigenvalue weighted by Crippen LogP contribution is -2.49. The van der Waals surface area contributed by atoms with E-state index >= 15 is 0 Å². The Kier molecular flexibility index (Phi) is 23.7.